The van der Waals surface area contributed by atoms with Crippen LogP contribution in [0.1, 0.15) is 10.4 Å². The van der Waals surface area contributed by atoms with Crippen molar-refractivity contribution in [2.75, 3.05) is 18.2 Å². The van der Waals surface area contributed by atoms with Crippen LogP contribution in [-0.4, -0.2) is 18.1 Å². The van der Waals surface area contributed by atoms with Gasteiger partial charge in [-0.15, -0.1) is 0 Å². The van der Waals surface area contributed by atoms with Gasteiger partial charge < -0.3 is 15.8 Å². The van der Waals surface area contributed by atoms with Gasteiger partial charge in [-0.1, -0.05) is 29.3 Å². The Morgan fingerprint density at radius 1 is 1.40 bits per heavy atom. The van der Waals surface area contributed by atoms with Crippen molar-refractivity contribution in [1.82, 2.24) is 4.98 Å². The molecule has 0 amide bonds. The van der Waals surface area contributed by atoms with Crippen LogP contribution in [0.5, 0.6) is 0 Å². The van der Waals surface area contributed by atoms with Crippen molar-refractivity contribution >= 4 is 46.4 Å². The lowest BCUT2D eigenvalue weighted by Gasteiger charge is -2.10. The number of esters is 1. The SMILES string of the molecule is COC(=O)c1cc(Nc2cccc(Cl)c2Cl)ncc1N. The van der Waals surface area contributed by atoms with Crippen LogP contribution in [0.3, 0.4) is 0 Å². The molecule has 2 rings (SSSR count). The van der Waals surface area contributed by atoms with E-state index in [2.05, 4.69) is 15.0 Å². The van der Waals surface area contributed by atoms with Crippen molar-refractivity contribution in [1.29, 1.82) is 0 Å². The Labute approximate surface area is 125 Å². The summed E-state index contributed by atoms with van der Waals surface area (Å²) in [6.45, 7) is 0. The predicted molar refractivity (Wildman–Crippen MR) is 79.7 cm³/mol. The summed E-state index contributed by atoms with van der Waals surface area (Å²) >= 11 is 12.0. The highest BCUT2D eigenvalue weighted by molar-refractivity contribution is 6.43. The van der Waals surface area contributed by atoms with Crippen LogP contribution >= 0.6 is 23.2 Å². The third kappa shape index (κ3) is 2.95. The molecule has 0 saturated carbocycles. The Hall–Kier alpha value is -1.98. The summed E-state index contributed by atoms with van der Waals surface area (Å²) < 4.78 is 4.64. The van der Waals surface area contributed by atoms with Gasteiger partial charge in [0.05, 0.1) is 40.3 Å². The number of benzene rings is 1. The number of nitrogens with zero attached hydrogens (tertiary/aromatic N) is 1. The number of rotatable bonds is 3. The molecule has 0 atom stereocenters. The minimum atomic E-state index is -0.537. The summed E-state index contributed by atoms with van der Waals surface area (Å²) in [4.78, 5) is 15.6. The number of hydrogen-bond acceptors (Lipinski definition) is 5. The van der Waals surface area contributed by atoms with Crippen molar-refractivity contribution in [3.63, 3.8) is 0 Å². The molecule has 20 heavy (non-hydrogen) atoms. The molecule has 0 aliphatic carbocycles. The number of methoxy groups -OCH3 is 1. The van der Waals surface area contributed by atoms with Gasteiger partial charge in [0.2, 0.25) is 0 Å². The largest absolute Gasteiger partial charge is 0.465 e. The summed E-state index contributed by atoms with van der Waals surface area (Å²) in [7, 11) is 1.28. The molecule has 0 aliphatic rings. The topological polar surface area (TPSA) is 77.2 Å². The second-order valence-corrected chi connectivity index (χ2v) is 4.66. The number of nitrogens with two attached hydrogens (primary N) is 1. The molecule has 1 aromatic heterocycles. The maximum absolute atomic E-state index is 11.6. The number of nitrogens with one attached hydrogen (secondary N) is 1. The van der Waals surface area contributed by atoms with E-state index in [1.165, 1.54) is 19.4 Å². The fourth-order valence-electron chi connectivity index (χ4n) is 1.56. The van der Waals surface area contributed by atoms with Crippen LogP contribution in [0.4, 0.5) is 17.2 Å². The van der Waals surface area contributed by atoms with Crippen LogP contribution in [-0.2, 0) is 4.74 Å². The summed E-state index contributed by atoms with van der Waals surface area (Å²) in [5.74, 6) is -0.131. The molecule has 0 unspecified atom stereocenters. The molecule has 0 fully saturated rings. The predicted octanol–water partition coefficient (Wildman–Crippen LogP) is 3.50. The van der Waals surface area contributed by atoms with Gasteiger partial charge in [0.1, 0.15) is 5.82 Å². The molecule has 7 heteroatoms. The number of carbonyl (C=O) groups is 1. The van der Waals surface area contributed by atoms with Crippen molar-refractivity contribution in [3.05, 3.63) is 46.1 Å². The molecule has 2 aromatic rings. The summed E-state index contributed by atoms with van der Waals surface area (Å²) in [6.07, 6.45) is 1.37. The van der Waals surface area contributed by atoms with Gasteiger partial charge in [0.15, 0.2) is 0 Å². The number of aromatic nitrogens is 1. The maximum atomic E-state index is 11.6. The van der Waals surface area contributed by atoms with E-state index in [0.29, 0.717) is 21.6 Å². The molecule has 0 radical (unpaired) electrons. The van der Waals surface area contributed by atoms with Gasteiger partial charge in [-0.25, -0.2) is 9.78 Å². The zero-order chi connectivity index (χ0) is 14.7. The monoisotopic (exact) mass is 311 g/mol. The third-order valence-corrected chi connectivity index (χ3v) is 3.37. The minimum Gasteiger partial charge on any atom is -0.465 e. The quantitative estimate of drug-likeness (QED) is 0.848. The Balaban J connectivity index is 2.35. The van der Waals surface area contributed by atoms with E-state index in [1.54, 1.807) is 18.2 Å². The standard InChI is InChI=1S/C13H11Cl2N3O2/c1-20-13(19)7-5-11(17-6-9(7)16)18-10-4-2-3-8(14)12(10)15/h2-6H,16H2,1H3,(H,17,18). The lowest BCUT2D eigenvalue weighted by atomic mass is 10.2. The lowest BCUT2D eigenvalue weighted by Crippen LogP contribution is -2.07. The third-order valence-electron chi connectivity index (χ3n) is 2.55. The molecule has 104 valence electrons. The van der Waals surface area contributed by atoms with Crippen LogP contribution in [0.2, 0.25) is 10.0 Å². The number of nitrogen functional groups attached to an aromatic ring is 1. The molecule has 0 bridgehead atoms. The maximum Gasteiger partial charge on any atom is 0.340 e. The number of anilines is 3. The first-order valence-corrected chi connectivity index (χ1v) is 6.33. The molecular weight excluding hydrogens is 301 g/mol. The average Bonchev–Trinajstić information content (AvgIpc) is 2.45. The minimum absolute atomic E-state index is 0.225. The summed E-state index contributed by atoms with van der Waals surface area (Å²) in [5, 5.41) is 3.75. The van der Waals surface area contributed by atoms with E-state index in [-0.39, 0.29) is 11.3 Å². The van der Waals surface area contributed by atoms with Crippen LogP contribution in [0.25, 0.3) is 0 Å². The average molecular weight is 312 g/mol. The normalized spacial score (nSPS) is 10.2. The molecular formula is C13H11Cl2N3O2. The molecule has 0 saturated heterocycles. The second-order valence-electron chi connectivity index (χ2n) is 3.87. The second kappa shape index (κ2) is 5.98. The molecule has 5 nitrogen and oxygen atoms in total. The highest BCUT2D eigenvalue weighted by atomic mass is 35.5. The number of hydrogen-bond donors (Lipinski definition) is 2. The highest BCUT2D eigenvalue weighted by Gasteiger charge is 2.12. The van der Waals surface area contributed by atoms with Gasteiger partial charge in [-0.05, 0) is 18.2 Å². The van der Waals surface area contributed by atoms with E-state index < -0.39 is 5.97 Å². The first-order valence-electron chi connectivity index (χ1n) is 5.57. The highest BCUT2D eigenvalue weighted by Crippen LogP contribution is 2.31. The zero-order valence-electron chi connectivity index (χ0n) is 10.5. The van der Waals surface area contributed by atoms with Crippen molar-refractivity contribution in [2.45, 2.75) is 0 Å². The van der Waals surface area contributed by atoms with Crippen LogP contribution in [0.15, 0.2) is 30.5 Å². The Kier molecular flexibility index (Phi) is 4.32. The fourth-order valence-corrected chi connectivity index (χ4v) is 1.91. The smallest absolute Gasteiger partial charge is 0.340 e. The molecule has 0 spiro atoms. The molecule has 1 aromatic carbocycles. The van der Waals surface area contributed by atoms with Crippen molar-refractivity contribution < 1.29 is 9.53 Å². The van der Waals surface area contributed by atoms with Gasteiger partial charge in [-0.3, -0.25) is 0 Å². The van der Waals surface area contributed by atoms with Crippen LogP contribution in [0, 0.1) is 0 Å². The first kappa shape index (κ1) is 14.4. The van der Waals surface area contributed by atoms with E-state index in [0.717, 1.165) is 0 Å². The van der Waals surface area contributed by atoms with Gasteiger partial charge >= 0.3 is 5.97 Å². The lowest BCUT2D eigenvalue weighted by molar-refractivity contribution is 0.0602. The van der Waals surface area contributed by atoms with Crippen molar-refractivity contribution in [2.24, 2.45) is 0 Å². The molecule has 1 heterocycles. The zero-order valence-corrected chi connectivity index (χ0v) is 12.0. The fraction of sp³-hybridized carbons (Fsp3) is 0.0769. The first-order chi connectivity index (χ1) is 9.52. The molecule has 3 N–H and O–H groups in total. The Morgan fingerprint density at radius 3 is 2.85 bits per heavy atom. The Bertz CT molecular complexity index is 662. The number of pyridine rings is 1. The number of ether oxygens (including phenoxy) is 1. The molecule has 0 aliphatic heterocycles. The van der Waals surface area contributed by atoms with E-state index >= 15 is 0 Å². The summed E-state index contributed by atoms with van der Waals surface area (Å²) in [6, 6.07) is 6.64. The number of carbonyl (C=O) groups excluding carboxylic acids is 1. The van der Waals surface area contributed by atoms with E-state index in [4.69, 9.17) is 28.9 Å². The summed E-state index contributed by atoms with van der Waals surface area (Å²) in [5.41, 5.74) is 6.71. The van der Waals surface area contributed by atoms with Gasteiger partial charge in [0.25, 0.3) is 0 Å². The van der Waals surface area contributed by atoms with E-state index in [9.17, 15) is 4.79 Å². The number of halogens is 2. The van der Waals surface area contributed by atoms with Crippen LogP contribution < -0.4 is 11.1 Å². The van der Waals surface area contributed by atoms with E-state index in [1.807, 2.05) is 0 Å². The van der Waals surface area contributed by atoms with Gasteiger partial charge in [0, 0.05) is 0 Å². The van der Waals surface area contributed by atoms with Crippen molar-refractivity contribution in [3.8, 4) is 0 Å². The Morgan fingerprint density at radius 2 is 2.15 bits per heavy atom. The van der Waals surface area contributed by atoms with Gasteiger partial charge in [-0.2, -0.15) is 0 Å².